The van der Waals surface area contributed by atoms with Crippen molar-refractivity contribution in [1.29, 1.82) is 0 Å². The lowest BCUT2D eigenvalue weighted by molar-refractivity contribution is -0.120. The van der Waals surface area contributed by atoms with Crippen LogP contribution in [0.4, 0.5) is 0 Å². The van der Waals surface area contributed by atoms with Gasteiger partial charge in [-0.15, -0.1) is 0 Å². The summed E-state index contributed by atoms with van der Waals surface area (Å²) in [6.45, 7) is 10.3. The zero-order chi connectivity index (χ0) is 13.7. The lowest BCUT2D eigenvalue weighted by Crippen LogP contribution is -2.55. The summed E-state index contributed by atoms with van der Waals surface area (Å²) in [4.78, 5) is 16.1. The maximum absolute atomic E-state index is 11.3. The van der Waals surface area contributed by atoms with E-state index in [0.29, 0.717) is 12.1 Å². The first-order valence-electron chi connectivity index (χ1n) is 6.92. The molecule has 5 heteroatoms. The largest absolute Gasteiger partial charge is 0.368 e. The highest BCUT2D eigenvalue weighted by Crippen LogP contribution is 2.13. The van der Waals surface area contributed by atoms with Crippen LogP contribution in [0.2, 0.25) is 0 Å². The summed E-state index contributed by atoms with van der Waals surface area (Å²) in [7, 11) is 2.18. The van der Waals surface area contributed by atoms with Crippen LogP contribution in [0.1, 0.15) is 27.2 Å². The van der Waals surface area contributed by atoms with Gasteiger partial charge in [0.15, 0.2) is 0 Å². The van der Waals surface area contributed by atoms with Crippen LogP contribution in [0, 0.1) is 0 Å². The van der Waals surface area contributed by atoms with Crippen molar-refractivity contribution in [2.45, 2.75) is 45.3 Å². The summed E-state index contributed by atoms with van der Waals surface area (Å²) < 4.78 is 0. The fraction of sp³-hybridized carbons (Fsp3) is 0.923. The van der Waals surface area contributed by atoms with Gasteiger partial charge in [-0.1, -0.05) is 6.92 Å². The van der Waals surface area contributed by atoms with E-state index in [1.54, 1.807) is 0 Å². The third kappa shape index (κ3) is 4.23. The van der Waals surface area contributed by atoms with Crippen molar-refractivity contribution in [2.75, 3.05) is 33.2 Å². The number of carbonyl (C=O) groups excluding carboxylic acids is 1. The molecule has 106 valence electrons. The van der Waals surface area contributed by atoms with E-state index < -0.39 is 0 Å². The molecule has 0 aromatic heterocycles. The molecule has 1 aliphatic rings. The van der Waals surface area contributed by atoms with Gasteiger partial charge in [-0.2, -0.15) is 0 Å². The Balaban J connectivity index is 2.40. The summed E-state index contributed by atoms with van der Waals surface area (Å²) >= 11 is 0. The number of nitrogens with two attached hydrogens (primary N) is 1. The van der Waals surface area contributed by atoms with Gasteiger partial charge in [0.05, 0.1) is 6.04 Å². The number of hydrogen-bond donors (Lipinski definition) is 2. The molecule has 0 aliphatic carbocycles. The number of nitrogens with one attached hydrogen (secondary N) is 1. The quantitative estimate of drug-likeness (QED) is 0.695. The molecular weight excluding hydrogens is 228 g/mol. The van der Waals surface area contributed by atoms with Crippen molar-refractivity contribution in [2.24, 2.45) is 5.73 Å². The lowest BCUT2D eigenvalue weighted by Gasteiger charge is -2.42. The summed E-state index contributed by atoms with van der Waals surface area (Å²) in [6.07, 6.45) is 0.798. The Labute approximate surface area is 111 Å². The van der Waals surface area contributed by atoms with Crippen molar-refractivity contribution < 1.29 is 4.79 Å². The van der Waals surface area contributed by atoms with Gasteiger partial charge in [-0.25, -0.2) is 0 Å². The monoisotopic (exact) mass is 256 g/mol. The van der Waals surface area contributed by atoms with Crippen LogP contribution in [0.25, 0.3) is 0 Å². The van der Waals surface area contributed by atoms with Gasteiger partial charge in [0.2, 0.25) is 5.91 Å². The second kappa shape index (κ2) is 7.07. The van der Waals surface area contributed by atoms with Crippen LogP contribution < -0.4 is 11.1 Å². The zero-order valence-corrected chi connectivity index (χ0v) is 12.1. The molecule has 5 nitrogen and oxygen atoms in total. The van der Waals surface area contributed by atoms with E-state index in [0.717, 1.165) is 32.6 Å². The van der Waals surface area contributed by atoms with E-state index in [9.17, 15) is 4.79 Å². The fourth-order valence-electron chi connectivity index (χ4n) is 2.60. The fourth-order valence-corrected chi connectivity index (χ4v) is 2.60. The van der Waals surface area contributed by atoms with E-state index in [1.165, 1.54) is 0 Å². The Morgan fingerprint density at radius 2 is 1.94 bits per heavy atom. The molecule has 0 saturated carbocycles. The summed E-state index contributed by atoms with van der Waals surface area (Å²) in [5.74, 6) is -0.243. The molecule has 0 bridgehead atoms. The standard InChI is InChI=1S/C13H28N4O/c1-5-15-12(13(14)18)6-7-17-8-10(2)16(4)11(3)9-17/h10-12,15H,5-9H2,1-4H3,(H2,14,18). The van der Waals surface area contributed by atoms with Crippen LogP contribution in [-0.2, 0) is 4.79 Å². The average Bonchev–Trinajstić information content (AvgIpc) is 2.30. The number of rotatable bonds is 6. The maximum atomic E-state index is 11.3. The molecule has 1 rings (SSSR count). The molecule has 1 aliphatic heterocycles. The van der Waals surface area contributed by atoms with Gasteiger partial charge < -0.3 is 16.0 Å². The number of primary amides is 1. The molecule has 18 heavy (non-hydrogen) atoms. The van der Waals surface area contributed by atoms with Crippen molar-refractivity contribution in [3.63, 3.8) is 0 Å². The topological polar surface area (TPSA) is 61.6 Å². The van der Waals surface area contributed by atoms with Crippen LogP contribution in [0.5, 0.6) is 0 Å². The van der Waals surface area contributed by atoms with Crippen LogP contribution in [-0.4, -0.2) is 67.1 Å². The molecule has 0 spiro atoms. The Kier molecular flexibility index (Phi) is 6.05. The van der Waals surface area contributed by atoms with Gasteiger partial charge in [-0.3, -0.25) is 9.69 Å². The maximum Gasteiger partial charge on any atom is 0.234 e. The molecule has 0 aromatic rings. The SMILES string of the molecule is CCNC(CCN1CC(C)N(C)C(C)C1)C(N)=O. The van der Waals surface area contributed by atoms with E-state index in [2.05, 4.69) is 36.0 Å². The molecular formula is C13H28N4O. The highest BCUT2D eigenvalue weighted by molar-refractivity contribution is 5.79. The third-order valence-electron chi connectivity index (χ3n) is 3.96. The highest BCUT2D eigenvalue weighted by atomic mass is 16.1. The van der Waals surface area contributed by atoms with Gasteiger partial charge in [0.25, 0.3) is 0 Å². The van der Waals surface area contributed by atoms with Crippen molar-refractivity contribution in [3.05, 3.63) is 0 Å². The Hall–Kier alpha value is -0.650. The zero-order valence-electron chi connectivity index (χ0n) is 12.1. The van der Waals surface area contributed by atoms with E-state index >= 15 is 0 Å². The van der Waals surface area contributed by atoms with E-state index in [4.69, 9.17) is 5.73 Å². The van der Waals surface area contributed by atoms with Crippen LogP contribution >= 0.6 is 0 Å². The lowest BCUT2D eigenvalue weighted by atomic mass is 10.1. The number of likely N-dealkylation sites (N-methyl/N-ethyl adjacent to an activating group) is 2. The molecule has 3 atom stereocenters. The Morgan fingerprint density at radius 1 is 1.39 bits per heavy atom. The van der Waals surface area contributed by atoms with Gasteiger partial charge >= 0.3 is 0 Å². The van der Waals surface area contributed by atoms with Crippen molar-refractivity contribution >= 4 is 5.91 Å². The molecule has 1 fully saturated rings. The van der Waals surface area contributed by atoms with Crippen molar-refractivity contribution in [3.8, 4) is 0 Å². The number of carbonyl (C=O) groups is 1. The first kappa shape index (κ1) is 15.4. The van der Waals surface area contributed by atoms with E-state index in [1.807, 2.05) is 6.92 Å². The van der Waals surface area contributed by atoms with Crippen molar-refractivity contribution in [1.82, 2.24) is 15.1 Å². The molecule has 3 unspecified atom stereocenters. The third-order valence-corrected chi connectivity index (χ3v) is 3.96. The first-order chi connectivity index (χ1) is 8.45. The van der Waals surface area contributed by atoms with Crippen LogP contribution in [0.3, 0.4) is 0 Å². The minimum atomic E-state index is -0.243. The Bertz CT molecular complexity index is 260. The molecule has 1 saturated heterocycles. The van der Waals surface area contributed by atoms with Crippen LogP contribution in [0.15, 0.2) is 0 Å². The first-order valence-corrected chi connectivity index (χ1v) is 6.92. The minimum absolute atomic E-state index is 0.194. The average molecular weight is 256 g/mol. The highest BCUT2D eigenvalue weighted by Gasteiger charge is 2.27. The predicted molar refractivity (Wildman–Crippen MR) is 74.4 cm³/mol. The number of nitrogens with zero attached hydrogens (tertiary/aromatic N) is 2. The van der Waals surface area contributed by atoms with Gasteiger partial charge in [0.1, 0.15) is 0 Å². The summed E-state index contributed by atoms with van der Waals surface area (Å²) in [5.41, 5.74) is 5.39. The summed E-state index contributed by atoms with van der Waals surface area (Å²) in [6, 6.07) is 0.945. The predicted octanol–water partition coefficient (Wildman–Crippen LogP) is -0.136. The second-order valence-corrected chi connectivity index (χ2v) is 5.42. The second-order valence-electron chi connectivity index (χ2n) is 5.42. The number of hydrogen-bond acceptors (Lipinski definition) is 4. The molecule has 1 heterocycles. The molecule has 0 radical (unpaired) electrons. The van der Waals surface area contributed by atoms with Gasteiger partial charge in [-0.05, 0) is 33.9 Å². The smallest absolute Gasteiger partial charge is 0.234 e. The minimum Gasteiger partial charge on any atom is -0.368 e. The number of amides is 1. The van der Waals surface area contributed by atoms with E-state index in [-0.39, 0.29) is 11.9 Å². The normalized spacial score (nSPS) is 28.2. The summed E-state index contributed by atoms with van der Waals surface area (Å²) in [5, 5.41) is 3.14. The Morgan fingerprint density at radius 3 is 2.39 bits per heavy atom. The van der Waals surface area contributed by atoms with Gasteiger partial charge in [0, 0.05) is 31.7 Å². The molecule has 0 aromatic carbocycles. The molecule has 3 N–H and O–H groups in total. The molecule has 1 amide bonds. The number of piperazine rings is 1.